The molecule has 2 heteroatoms. The second-order valence-electron chi connectivity index (χ2n) is 6.26. The summed E-state index contributed by atoms with van der Waals surface area (Å²) in [5.74, 6) is 0.506. The van der Waals surface area contributed by atoms with Gasteiger partial charge in [0.2, 0.25) is 0 Å². The van der Waals surface area contributed by atoms with E-state index in [4.69, 9.17) is 4.74 Å². The average molecular weight is 224 g/mol. The van der Waals surface area contributed by atoms with Gasteiger partial charge in [-0.2, -0.15) is 0 Å². The number of carbonyl (C=O) groups is 1. The number of carbonyl (C=O) groups excluding carboxylic acids is 1. The van der Waals surface area contributed by atoms with Crippen LogP contribution in [-0.2, 0) is 9.53 Å². The summed E-state index contributed by atoms with van der Waals surface area (Å²) in [6.07, 6.45) is 5.08. The smallest absolute Gasteiger partial charge is 0.334 e. The Balaban J connectivity index is 2.44. The lowest BCUT2D eigenvalue weighted by Gasteiger charge is -2.22. The molecule has 1 fully saturated rings. The maximum atomic E-state index is 11.4. The molecule has 1 heterocycles. The number of allylic oxidation sites excluding steroid dienone is 1. The molecule has 1 aliphatic heterocycles. The van der Waals surface area contributed by atoms with Crippen LogP contribution in [0.1, 0.15) is 53.9 Å². The predicted molar refractivity (Wildman–Crippen MR) is 66.1 cm³/mol. The molecule has 16 heavy (non-hydrogen) atoms. The van der Waals surface area contributed by atoms with E-state index in [1.807, 2.05) is 6.92 Å². The topological polar surface area (TPSA) is 26.3 Å². The van der Waals surface area contributed by atoms with Crippen molar-refractivity contribution in [1.29, 1.82) is 0 Å². The zero-order valence-electron chi connectivity index (χ0n) is 11.2. The van der Waals surface area contributed by atoms with Crippen molar-refractivity contribution in [3.8, 4) is 0 Å². The minimum Gasteiger partial charge on any atom is -0.459 e. The molecule has 0 bridgehead atoms. The van der Waals surface area contributed by atoms with Crippen molar-refractivity contribution >= 4 is 5.97 Å². The fourth-order valence-electron chi connectivity index (χ4n) is 2.33. The zero-order chi connectivity index (χ0) is 12.3. The Labute approximate surface area is 99.1 Å². The van der Waals surface area contributed by atoms with Gasteiger partial charge in [0.15, 0.2) is 0 Å². The molecule has 1 aliphatic rings. The van der Waals surface area contributed by atoms with Crippen molar-refractivity contribution in [3.05, 3.63) is 11.6 Å². The normalized spacial score (nSPS) is 25.9. The molecule has 2 nitrogen and oxygen atoms in total. The molecule has 0 aliphatic carbocycles. The predicted octanol–water partition coefficient (Wildman–Crippen LogP) is 3.71. The number of hydrogen-bond acceptors (Lipinski definition) is 2. The first-order valence-corrected chi connectivity index (χ1v) is 6.18. The summed E-state index contributed by atoms with van der Waals surface area (Å²) in [6, 6.07) is 0. The number of cyclic esters (lactones) is 1. The van der Waals surface area contributed by atoms with Crippen molar-refractivity contribution in [2.75, 3.05) is 0 Å². The molecule has 0 aromatic rings. The van der Waals surface area contributed by atoms with Crippen LogP contribution in [0.4, 0.5) is 0 Å². The Morgan fingerprint density at radius 1 is 1.50 bits per heavy atom. The Hall–Kier alpha value is -0.790. The lowest BCUT2D eigenvalue weighted by molar-refractivity contribution is -0.138. The average Bonchev–Trinajstić information content (AvgIpc) is 2.38. The molecule has 0 spiro atoms. The van der Waals surface area contributed by atoms with Crippen LogP contribution in [0.3, 0.4) is 0 Å². The Morgan fingerprint density at radius 2 is 2.12 bits per heavy atom. The van der Waals surface area contributed by atoms with Gasteiger partial charge in [-0.25, -0.2) is 4.79 Å². The van der Waals surface area contributed by atoms with Gasteiger partial charge in [0.05, 0.1) is 0 Å². The SMILES string of the molecule is CC(CC=C1C[C@@H](C)OC1=O)CC(C)(C)C. The van der Waals surface area contributed by atoms with Crippen LogP contribution in [0.5, 0.6) is 0 Å². The van der Waals surface area contributed by atoms with Crippen LogP contribution in [0.25, 0.3) is 0 Å². The van der Waals surface area contributed by atoms with Gasteiger partial charge in [-0.15, -0.1) is 0 Å². The lowest BCUT2D eigenvalue weighted by Crippen LogP contribution is -2.10. The van der Waals surface area contributed by atoms with Gasteiger partial charge in [0, 0.05) is 12.0 Å². The van der Waals surface area contributed by atoms with E-state index in [9.17, 15) is 4.79 Å². The third kappa shape index (κ3) is 4.38. The second-order valence-corrected chi connectivity index (χ2v) is 6.26. The summed E-state index contributed by atoms with van der Waals surface area (Å²) in [7, 11) is 0. The molecule has 1 unspecified atom stereocenters. The fourth-order valence-corrected chi connectivity index (χ4v) is 2.33. The van der Waals surface area contributed by atoms with Crippen LogP contribution in [0, 0.1) is 11.3 Å². The first-order chi connectivity index (χ1) is 7.28. The largest absolute Gasteiger partial charge is 0.459 e. The number of hydrogen-bond donors (Lipinski definition) is 0. The van der Waals surface area contributed by atoms with Gasteiger partial charge < -0.3 is 4.74 Å². The maximum Gasteiger partial charge on any atom is 0.334 e. The van der Waals surface area contributed by atoms with Gasteiger partial charge in [-0.3, -0.25) is 0 Å². The van der Waals surface area contributed by atoms with E-state index in [0.29, 0.717) is 11.3 Å². The molecule has 0 N–H and O–H groups in total. The van der Waals surface area contributed by atoms with Crippen molar-refractivity contribution in [2.24, 2.45) is 11.3 Å². The van der Waals surface area contributed by atoms with E-state index in [0.717, 1.165) is 18.4 Å². The van der Waals surface area contributed by atoms with Crippen LogP contribution in [0.15, 0.2) is 11.6 Å². The highest BCUT2D eigenvalue weighted by Crippen LogP contribution is 2.27. The minimum absolute atomic E-state index is 0.0664. The molecule has 0 radical (unpaired) electrons. The van der Waals surface area contributed by atoms with E-state index >= 15 is 0 Å². The maximum absolute atomic E-state index is 11.4. The van der Waals surface area contributed by atoms with Gasteiger partial charge in [-0.05, 0) is 31.1 Å². The highest BCUT2D eigenvalue weighted by atomic mass is 16.5. The summed E-state index contributed by atoms with van der Waals surface area (Å²) in [4.78, 5) is 11.4. The van der Waals surface area contributed by atoms with Crippen LogP contribution < -0.4 is 0 Å². The van der Waals surface area contributed by atoms with Gasteiger partial charge >= 0.3 is 5.97 Å². The van der Waals surface area contributed by atoms with Gasteiger partial charge in [0.1, 0.15) is 6.10 Å². The molecule has 1 saturated heterocycles. The van der Waals surface area contributed by atoms with Gasteiger partial charge in [-0.1, -0.05) is 33.8 Å². The zero-order valence-corrected chi connectivity index (χ0v) is 11.2. The monoisotopic (exact) mass is 224 g/mol. The van der Waals surface area contributed by atoms with Crippen molar-refractivity contribution in [2.45, 2.75) is 60.0 Å². The van der Waals surface area contributed by atoms with Crippen molar-refractivity contribution < 1.29 is 9.53 Å². The highest BCUT2D eigenvalue weighted by Gasteiger charge is 2.25. The van der Waals surface area contributed by atoms with Gasteiger partial charge in [0.25, 0.3) is 0 Å². The van der Waals surface area contributed by atoms with E-state index < -0.39 is 0 Å². The summed E-state index contributed by atoms with van der Waals surface area (Å²) >= 11 is 0. The standard InChI is InChI=1S/C14H24O2/c1-10(9-14(3,4)5)6-7-12-8-11(2)16-13(12)15/h7,10-11H,6,8-9H2,1-5H3/t10?,11-/m1/s1. The number of ether oxygens (including phenoxy) is 1. The molecular weight excluding hydrogens is 200 g/mol. The Bertz CT molecular complexity index is 284. The molecule has 1 rings (SSSR count). The second kappa shape index (κ2) is 5.03. The van der Waals surface area contributed by atoms with Crippen molar-refractivity contribution in [1.82, 2.24) is 0 Å². The Morgan fingerprint density at radius 3 is 2.56 bits per heavy atom. The summed E-state index contributed by atoms with van der Waals surface area (Å²) in [5.41, 5.74) is 1.23. The first-order valence-electron chi connectivity index (χ1n) is 6.18. The summed E-state index contributed by atoms with van der Waals surface area (Å²) in [6.45, 7) is 10.9. The number of esters is 1. The van der Waals surface area contributed by atoms with Crippen LogP contribution in [0.2, 0.25) is 0 Å². The molecule has 2 atom stereocenters. The third-order valence-corrected chi connectivity index (χ3v) is 2.81. The highest BCUT2D eigenvalue weighted by molar-refractivity contribution is 5.90. The Kier molecular flexibility index (Phi) is 4.17. The number of rotatable bonds is 3. The van der Waals surface area contributed by atoms with E-state index in [1.165, 1.54) is 6.42 Å². The first kappa shape index (κ1) is 13.3. The summed E-state index contributed by atoms with van der Waals surface area (Å²) in [5, 5.41) is 0. The molecule has 92 valence electrons. The van der Waals surface area contributed by atoms with E-state index in [1.54, 1.807) is 0 Å². The quantitative estimate of drug-likeness (QED) is 0.539. The molecule has 0 amide bonds. The molecule has 0 aromatic carbocycles. The fraction of sp³-hybridized carbons (Fsp3) is 0.786. The van der Waals surface area contributed by atoms with E-state index in [2.05, 4.69) is 33.8 Å². The third-order valence-electron chi connectivity index (χ3n) is 2.81. The van der Waals surface area contributed by atoms with Crippen molar-refractivity contribution in [3.63, 3.8) is 0 Å². The minimum atomic E-state index is -0.115. The van der Waals surface area contributed by atoms with Crippen LogP contribution in [-0.4, -0.2) is 12.1 Å². The van der Waals surface area contributed by atoms with Crippen LogP contribution >= 0.6 is 0 Å². The molecule has 0 aromatic heterocycles. The summed E-state index contributed by atoms with van der Waals surface area (Å²) < 4.78 is 5.10. The van der Waals surface area contributed by atoms with E-state index in [-0.39, 0.29) is 12.1 Å². The molecular formula is C14H24O2. The molecule has 0 saturated carbocycles. The lowest BCUT2D eigenvalue weighted by atomic mass is 9.84.